The number of nitrogens with one attached hydrogen (secondary N) is 1. The molecular formula is C23H26N2O2S. The van der Waals surface area contributed by atoms with E-state index in [1.807, 2.05) is 30.0 Å². The van der Waals surface area contributed by atoms with Gasteiger partial charge in [0.1, 0.15) is 0 Å². The third-order valence-corrected chi connectivity index (χ3v) is 6.66. The summed E-state index contributed by atoms with van der Waals surface area (Å²) in [7, 11) is 0. The summed E-state index contributed by atoms with van der Waals surface area (Å²) >= 11 is 1.75. The van der Waals surface area contributed by atoms with E-state index in [1.54, 1.807) is 11.8 Å². The van der Waals surface area contributed by atoms with Gasteiger partial charge in [0.2, 0.25) is 5.91 Å². The second kappa shape index (κ2) is 8.00. The smallest absolute Gasteiger partial charge is 0.254 e. The number of carbonyl (C=O) groups excluding carboxylic acids is 2. The average molecular weight is 395 g/mol. The van der Waals surface area contributed by atoms with E-state index in [-0.39, 0.29) is 17.7 Å². The molecule has 1 N–H and O–H groups in total. The van der Waals surface area contributed by atoms with Crippen molar-refractivity contribution in [3.05, 3.63) is 58.7 Å². The van der Waals surface area contributed by atoms with Gasteiger partial charge in [-0.3, -0.25) is 9.59 Å². The van der Waals surface area contributed by atoms with E-state index in [9.17, 15) is 9.59 Å². The summed E-state index contributed by atoms with van der Waals surface area (Å²) in [5.74, 6) is 0.234. The Morgan fingerprint density at radius 3 is 2.64 bits per heavy atom. The lowest BCUT2D eigenvalue weighted by Gasteiger charge is -2.29. The van der Waals surface area contributed by atoms with Crippen LogP contribution in [-0.2, 0) is 17.8 Å². The van der Waals surface area contributed by atoms with E-state index < -0.39 is 0 Å². The van der Waals surface area contributed by atoms with Crippen molar-refractivity contribution >= 4 is 29.3 Å². The lowest BCUT2D eigenvalue weighted by atomic mass is 9.84. The highest BCUT2D eigenvalue weighted by Crippen LogP contribution is 2.29. The molecule has 146 valence electrons. The first-order chi connectivity index (χ1) is 13.5. The molecule has 4 nitrogen and oxygen atoms in total. The van der Waals surface area contributed by atoms with Gasteiger partial charge in [-0.15, -0.1) is 11.8 Å². The van der Waals surface area contributed by atoms with Crippen molar-refractivity contribution in [1.82, 2.24) is 4.90 Å². The Labute approximate surface area is 170 Å². The summed E-state index contributed by atoms with van der Waals surface area (Å²) in [5.41, 5.74) is 4.94. The van der Waals surface area contributed by atoms with Crippen molar-refractivity contribution in [2.24, 2.45) is 5.92 Å². The van der Waals surface area contributed by atoms with E-state index in [4.69, 9.17) is 0 Å². The Bertz CT molecular complexity index is 921. The van der Waals surface area contributed by atoms with Crippen LogP contribution in [0.5, 0.6) is 0 Å². The highest BCUT2D eigenvalue weighted by molar-refractivity contribution is 7.98. The zero-order chi connectivity index (χ0) is 19.7. The zero-order valence-corrected chi connectivity index (χ0v) is 17.3. The van der Waals surface area contributed by atoms with Gasteiger partial charge in [-0.1, -0.05) is 18.6 Å². The Morgan fingerprint density at radius 1 is 1.11 bits per heavy atom. The first-order valence-corrected chi connectivity index (χ1v) is 11.1. The van der Waals surface area contributed by atoms with E-state index in [1.165, 1.54) is 16.0 Å². The van der Waals surface area contributed by atoms with Gasteiger partial charge in [0.25, 0.3) is 5.91 Å². The number of benzene rings is 2. The Hall–Kier alpha value is -2.27. The Kier molecular flexibility index (Phi) is 5.44. The van der Waals surface area contributed by atoms with Gasteiger partial charge in [-0.05, 0) is 73.4 Å². The summed E-state index contributed by atoms with van der Waals surface area (Å²) in [5, 5.41) is 3.03. The maximum Gasteiger partial charge on any atom is 0.254 e. The van der Waals surface area contributed by atoms with Crippen LogP contribution < -0.4 is 5.32 Å². The van der Waals surface area contributed by atoms with Crippen molar-refractivity contribution in [1.29, 1.82) is 0 Å². The Balaban J connectivity index is 1.50. The van der Waals surface area contributed by atoms with Gasteiger partial charge >= 0.3 is 0 Å². The second-order valence-corrected chi connectivity index (χ2v) is 8.64. The molecule has 1 aliphatic heterocycles. The topological polar surface area (TPSA) is 49.4 Å². The van der Waals surface area contributed by atoms with Crippen molar-refractivity contribution in [2.45, 2.75) is 44.0 Å². The molecule has 2 amide bonds. The highest BCUT2D eigenvalue weighted by Gasteiger charge is 2.26. The predicted octanol–water partition coefficient (Wildman–Crippen LogP) is 4.65. The molecule has 28 heavy (non-hydrogen) atoms. The van der Waals surface area contributed by atoms with Crippen LogP contribution in [-0.4, -0.2) is 29.5 Å². The summed E-state index contributed by atoms with van der Waals surface area (Å²) in [6.45, 7) is 3.33. The molecule has 0 aromatic heterocycles. The van der Waals surface area contributed by atoms with Crippen LogP contribution >= 0.6 is 11.8 Å². The lowest BCUT2D eigenvalue weighted by molar-refractivity contribution is -0.122. The van der Waals surface area contributed by atoms with Crippen LogP contribution in [0.4, 0.5) is 5.69 Å². The van der Waals surface area contributed by atoms with Gasteiger partial charge in [0.05, 0.1) is 0 Å². The number of amides is 2. The van der Waals surface area contributed by atoms with Crippen LogP contribution in [0.2, 0.25) is 0 Å². The van der Waals surface area contributed by atoms with Crippen molar-refractivity contribution < 1.29 is 9.59 Å². The van der Waals surface area contributed by atoms with E-state index >= 15 is 0 Å². The fourth-order valence-corrected chi connectivity index (χ4v) is 4.27. The van der Waals surface area contributed by atoms with E-state index in [2.05, 4.69) is 29.8 Å². The molecule has 2 aliphatic rings. The van der Waals surface area contributed by atoms with Gasteiger partial charge in [-0.25, -0.2) is 0 Å². The monoisotopic (exact) mass is 394 g/mol. The lowest BCUT2D eigenvalue weighted by Crippen LogP contribution is -2.36. The first-order valence-electron chi connectivity index (χ1n) is 9.92. The minimum Gasteiger partial charge on any atom is -0.334 e. The number of hydrogen-bond acceptors (Lipinski definition) is 3. The number of fused-ring (bicyclic) bond motifs is 1. The number of aryl methyl sites for hydroxylation is 1. The van der Waals surface area contributed by atoms with Crippen molar-refractivity contribution in [2.75, 3.05) is 18.1 Å². The molecule has 0 spiro atoms. The van der Waals surface area contributed by atoms with Crippen LogP contribution in [0.1, 0.15) is 46.3 Å². The van der Waals surface area contributed by atoms with E-state index in [0.717, 1.165) is 43.5 Å². The molecule has 0 bridgehead atoms. The molecular weight excluding hydrogens is 368 g/mol. The molecule has 2 aromatic carbocycles. The number of hydrogen-bond donors (Lipinski definition) is 1. The minimum atomic E-state index is 0.0266. The van der Waals surface area contributed by atoms with Crippen LogP contribution in [0, 0.1) is 12.8 Å². The number of rotatable bonds is 4. The average Bonchev–Trinajstić information content (AvgIpc) is 2.67. The largest absolute Gasteiger partial charge is 0.334 e. The summed E-state index contributed by atoms with van der Waals surface area (Å²) in [4.78, 5) is 28.6. The van der Waals surface area contributed by atoms with Gasteiger partial charge in [-0.2, -0.15) is 0 Å². The molecule has 0 atom stereocenters. The molecule has 1 fully saturated rings. The third-order valence-electron chi connectivity index (χ3n) is 5.93. The number of anilines is 1. The molecule has 0 saturated heterocycles. The van der Waals surface area contributed by atoms with Gasteiger partial charge in [0, 0.05) is 35.2 Å². The highest BCUT2D eigenvalue weighted by atomic mass is 32.2. The molecule has 5 heteroatoms. The molecule has 1 heterocycles. The molecule has 2 aromatic rings. The molecule has 0 radical (unpaired) electrons. The number of nitrogens with zero attached hydrogens (tertiary/aromatic N) is 1. The predicted molar refractivity (Wildman–Crippen MR) is 114 cm³/mol. The van der Waals surface area contributed by atoms with Gasteiger partial charge in [0.15, 0.2) is 0 Å². The number of carbonyl (C=O) groups is 2. The summed E-state index contributed by atoms with van der Waals surface area (Å²) in [6, 6.07) is 12.1. The SMILES string of the molecule is CSc1ccc2c(c1)CCN(C(=O)c1ccc(C)c(NC(=O)C3CCC3)c1)C2. The van der Waals surface area contributed by atoms with Crippen LogP contribution in [0.3, 0.4) is 0 Å². The Morgan fingerprint density at radius 2 is 1.93 bits per heavy atom. The fourth-order valence-electron chi connectivity index (χ4n) is 3.81. The van der Waals surface area contributed by atoms with Crippen molar-refractivity contribution in [3.63, 3.8) is 0 Å². The van der Waals surface area contributed by atoms with Crippen LogP contribution in [0.25, 0.3) is 0 Å². The van der Waals surface area contributed by atoms with Gasteiger partial charge < -0.3 is 10.2 Å². The maximum absolute atomic E-state index is 13.1. The van der Waals surface area contributed by atoms with E-state index in [0.29, 0.717) is 12.1 Å². The molecule has 1 aliphatic carbocycles. The first kappa shape index (κ1) is 19.1. The molecule has 0 unspecified atom stereocenters. The van der Waals surface area contributed by atoms with Crippen LogP contribution in [0.15, 0.2) is 41.3 Å². The zero-order valence-electron chi connectivity index (χ0n) is 16.5. The number of thioether (sulfide) groups is 1. The molecule has 1 saturated carbocycles. The third kappa shape index (κ3) is 3.81. The summed E-state index contributed by atoms with van der Waals surface area (Å²) in [6.07, 6.45) is 6.03. The fraction of sp³-hybridized carbons (Fsp3) is 0.391. The molecule has 4 rings (SSSR count). The normalized spacial score (nSPS) is 16.3. The maximum atomic E-state index is 13.1. The summed E-state index contributed by atoms with van der Waals surface area (Å²) < 4.78 is 0. The quantitative estimate of drug-likeness (QED) is 0.768. The second-order valence-electron chi connectivity index (χ2n) is 7.76. The van der Waals surface area contributed by atoms with Crippen molar-refractivity contribution in [3.8, 4) is 0 Å². The standard InChI is InChI=1S/C23H26N2O2S/c1-15-6-7-18(13-21(15)24-22(26)16-4-3-5-16)23(27)25-11-10-17-12-20(28-2)9-8-19(17)14-25/h6-9,12-13,16H,3-5,10-11,14H2,1-2H3,(H,24,26). The minimum absolute atomic E-state index is 0.0266.